The van der Waals surface area contributed by atoms with Crippen molar-refractivity contribution in [3.8, 4) is 11.5 Å². The van der Waals surface area contributed by atoms with Gasteiger partial charge in [-0.3, -0.25) is 4.79 Å². The first kappa shape index (κ1) is 38.7. The summed E-state index contributed by atoms with van der Waals surface area (Å²) >= 11 is 0. The molecule has 1 aromatic carbocycles. The molecule has 8 nitrogen and oxygen atoms in total. The van der Waals surface area contributed by atoms with Crippen molar-refractivity contribution in [3.63, 3.8) is 0 Å². The molecule has 0 saturated carbocycles. The smallest absolute Gasteiger partial charge is 0.222 e. The zero-order valence-electron chi connectivity index (χ0n) is 25.2. The number of hydrogen-bond donors (Lipinski definition) is 3. The molecule has 0 aliphatic carbocycles. The molecule has 1 saturated heterocycles. The van der Waals surface area contributed by atoms with Gasteiger partial charge in [0.1, 0.15) is 0 Å². The highest BCUT2D eigenvalue weighted by Crippen LogP contribution is 2.31. The molecule has 4 atom stereocenters. The zero-order chi connectivity index (χ0) is 27.9. The van der Waals surface area contributed by atoms with Crippen LogP contribution in [0.15, 0.2) is 18.2 Å². The summed E-state index contributed by atoms with van der Waals surface area (Å²) < 4.78 is 16.5. The van der Waals surface area contributed by atoms with Crippen LogP contribution in [0, 0.1) is 17.8 Å². The third kappa shape index (κ3) is 14.1. The molecule has 0 radical (unpaired) electrons. The van der Waals surface area contributed by atoms with Crippen molar-refractivity contribution >= 4 is 30.7 Å². The van der Waals surface area contributed by atoms with Crippen molar-refractivity contribution in [2.45, 2.75) is 77.9 Å². The van der Waals surface area contributed by atoms with E-state index < -0.39 is 12.1 Å². The summed E-state index contributed by atoms with van der Waals surface area (Å²) in [7, 11) is 3.33. The molecule has 1 heterocycles. The quantitative estimate of drug-likeness (QED) is 0.211. The van der Waals surface area contributed by atoms with E-state index in [1.165, 1.54) is 19.3 Å². The summed E-state index contributed by atoms with van der Waals surface area (Å²) in [4.78, 5) is 15.0. The molecule has 0 bridgehead atoms. The SMILES string of the molecule is COCCCOc1cc(C[C@@H](C[C@H](N)[C@@H](O)C[C@@H](C)C(=O)NCCN2CCCCC2)C(C)C)ccc1OC.Cl.Cl. The van der Waals surface area contributed by atoms with Gasteiger partial charge in [-0.2, -0.15) is 0 Å². The summed E-state index contributed by atoms with van der Waals surface area (Å²) in [5.41, 5.74) is 7.63. The van der Waals surface area contributed by atoms with Gasteiger partial charge in [-0.25, -0.2) is 0 Å². The molecule has 1 amide bonds. The molecule has 1 fully saturated rings. The van der Waals surface area contributed by atoms with Crippen LogP contribution in [0.1, 0.15) is 64.9 Å². The van der Waals surface area contributed by atoms with Gasteiger partial charge in [-0.1, -0.05) is 33.3 Å². The van der Waals surface area contributed by atoms with Gasteiger partial charge in [-0.05, 0) is 74.7 Å². The van der Waals surface area contributed by atoms with Crippen LogP contribution < -0.4 is 20.5 Å². The fourth-order valence-electron chi connectivity index (χ4n) is 5.09. The fraction of sp³-hybridized carbons (Fsp3) is 0.767. The number of amides is 1. The number of likely N-dealkylation sites (tertiary alicyclic amines) is 1. The maximum atomic E-state index is 12.6. The first-order chi connectivity index (χ1) is 18.2. The van der Waals surface area contributed by atoms with E-state index in [1.54, 1.807) is 14.2 Å². The summed E-state index contributed by atoms with van der Waals surface area (Å²) in [6.45, 7) is 11.2. The third-order valence-electron chi connectivity index (χ3n) is 7.71. The Balaban J connectivity index is 0.00000760. The molecular formula is C30H55Cl2N3O5. The maximum Gasteiger partial charge on any atom is 0.222 e. The topological polar surface area (TPSA) is 106 Å². The van der Waals surface area contributed by atoms with Crippen LogP contribution in [0.5, 0.6) is 11.5 Å². The number of ether oxygens (including phenoxy) is 3. The number of methoxy groups -OCH3 is 2. The van der Waals surface area contributed by atoms with E-state index in [-0.39, 0.29) is 42.6 Å². The number of nitrogens with one attached hydrogen (secondary N) is 1. The lowest BCUT2D eigenvalue weighted by Crippen LogP contribution is -2.42. The first-order valence-corrected chi connectivity index (χ1v) is 14.5. The number of benzene rings is 1. The molecule has 234 valence electrons. The number of nitrogens with two attached hydrogens (primary N) is 1. The van der Waals surface area contributed by atoms with Crippen molar-refractivity contribution in [1.82, 2.24) is 10.2 Å². The van der Waals surface area contributed by atoms with Crippen LogP contribution in [-0.4, -0.2) is 81.7 Å². The monoisotopic (exact) mass is 607 g/mol. The number of rotatable bonds is 18. The molecule has 0 unspecified atom stereocenters. The highest BCUT2D eigenvalue weighted by atomic mass is 35.5. The second-order valence-corrected chi connectivity index (χ2v) is 11.2. The van der Waals surface area contributed by atoms with E-state index in [0.29, 0.717) is 44.3 Å². The summed E-state index contributed by atoms with van der Waals surface area (Å²) in [5.74, 6) is 1.81. The predicted octanol–water partition coefficient (Wildman–Crippen LogP) is 4.48. The largest absolute Gasteiger partial charge is 0.493 e. The lowest BCUT2D eigenvalue weighted by atomic mass is 9.82. The van der Waals surface area contributed by atoms with Gasteiger partial charge in [0.05, 0.1) is 19.8 Å². The number of carbonyl (C=O) groups is 1. The molecular weight excluding hydrogens is 553 g/mol. The Morgan fingerprint density at radius 3 is 2.38 bits per heavy atom. The highest BCUT2D eigenvalue weighted by Gasteiger charge is 2.26. The average molecular weight is 609 g/mol. The van der Waals surface area contributed by atoms with E-state index in [1.807, 2.05) is 19.1 Å². The predicted molar refractivity (Wildman–Crippen MR) is 167 cm³/mol. The second kappa shape index (κ2) is 21.4. The number of hydrogen-bond acceptors (Lipinski definition) is 7. The number of aliphatic hydroxyl groups excluding tert-OH is 1. The normalized spacial score (nSPS) is 16.7. The lowest BCUT2D eigenvalue weighted by molar-refractivity contribution is -0.125. The molecule has 40 heavy (non-hydrogen) atoms. The minimum absolute atomic E-state index is 0. The molecule has 4 N–H and O–H groups in total. The Labute approximate surface area is 254 Å². The van der Waals surface area contributed by atoms with Gasteiger partial charge < -0.3 is 35.3 Å². The maximum absolute atomic E-state index is 12.6. The van der Waals surface area contributed by atoms with E-state index in [2.05, 4.69) is 30.1 Å². The van der Waals surface area contributed by atoms with E-state index in [0.717, 1.165) is 43.8 Å². The van der Waals surface area contributed by atoms with Crippen molar-refractivity contribution in [3.05, 3.63) is 23.8 Å². The first-order valence-electron chi connectivity index (χ1n) is 14.5. The fourth-order valence-corrected chi connectivity index (χ4v) is 5.09. The summed E-state index contributed by atoms with van der Waals surface area (Å²) in [6, 6.07) is 5.65. The van der Waals surface area contributed by atoms with Crippen LogP contribution >= 0.6 is 24.8 Å². The molecule has 1 aliphatic heterocycles. The Kier molecular flexibility index (Phi) is 20.7. The summed E-state index contributed by atoms with van der Waals surface area (Å²) in [6.07, 6.45) is 5.74. The minimum atomic E-state index is -0.727. The van der Waals surface area contributed by atoms with Crippen molar-refractivity contribution in [2.24, 2.45) is 23.5 Å². The van der Waals surface area contributed by atoms with Gasteiger partial charge in [0.2, 0.25) is 5.91 Å². The van der Waals surface area contributed by atoms with Gasteiger partial charge in [0, 0.05) is 45.2 Å². The molecule has 1 aliphatic rings. The second-order valence-electron chi connectivity index (χ2n) is 11.2. The zero-order valence-corrected chi connectivity index (χ0v) is 26.9. The molecule has 1 aromatic rings. The number of halogens is 2. The van der Waals surface area contributed by atoms with Gasteiger partial charge in [-0.15, -0.1) is 24.8 Å². The van der Waals surface area contributed by atoms with Crippen LogP contribution in [0.25, 0.3) is 0 Å². The number of aliphatic hydroxyl groups is 1. The third-order valence-corrected chi connectivity index (χ3v) is 7.71. The minimum Gasteiger partial charge on any atom is -0.493 e. The molecule has 0 aromatic heterocycles. The summed E-state index contributed by atoms with van der Waals surface area (Å²) in [5, 5.41) is 13.9. The number of nitrogens with zero attached hydrogens (tertiary/aromatic N) is 1. The van der Waals surface area contributed by atoms with Crippen LogP contribution in [0.2, 0.25) is 0 Å². The van der Waals surface area contributed by atoms with E-state index in [4.69, 9.17) is 19.9 Å². The Morgan fingerprint density at radius 2 is 1.75 bits per heavy atom. The Hall–Kier alpha value is -1.29. The highest BCUT2D eigenvalue weighted by molar-refractivity contribution is 5.85. The van der Waals surface area contributed by atoms with Crippen molar-refractivity contribution in [1.29, 1.82) is 0 Å². The van der Waals surface area contributed by atoms with Gasteiger partial charge in [0.15, 0.2) is 11.5 Å². The van der Waals surface area contributed by atoms with Gasteiger partial charge >= 0.3 is 0 Å². The average Bonchev–Trinajstić information content (AvgIpc) is 2.91. The van der Waals surface area contributed by atoms with Crippen molar-refractivity contribution < 1.29 is 24.1 Å². The Bertz CT molecular complexity index is 812. The lowest BCUT2D eigenvalue weighted by Gasteiger charge is -2.29. The van der Waals surface area contributed by atoms with Crippen LogP contribution in [0.4, 0.5) is 0 Å². The van der Waals surface area contributed by atoms with Crippen LogP contribution in [-0.2, 0) is 16.0 Å². The standard InChI is InChI=1S/C30H53N3O5.2ClH/c1-22(2)25(19-24-10-11-28(37-5)29(20-24)38-17-9-16-36-4)21-26(31)27(34)18-23(3)30(35)32-12-15-33-13-7-6-8-14-33;;/h10-11,20,22-23,25-27,34H,6-9,12-19,21,31H2,1-5H3,(H,32,35);2*1H/t23-,25+,26+,27+;;/m1../s1. The van der Waals surface area contributed by atoms with E-state index in [9.17, 15) is 9.90 Å². The van der Waals surface area contributed by atoms with Crippen molar-refractivity contribution in [2.75, 3.05) is 53.6 Å². The number of piperidine rings is 1. The van der Waals surface area contributed by atoms with Gasteiger partial charge in [0.25, 0.3) is 0 Å². The molecule has 2 rings (SSSR count). The Morgan fingerprint density at radius 1 is 1.05 bits per heavy atom. The van der Waals surface area contributed by atoms with E-state index >= 15 is 0 Å². The molecule has 0 spiro atoms. The molecule has 10 heteroatoms. The van der Waals surface area contributed by atoms with Crippen LogP contribution in [0.3, 0.4) is 0 Å². The number of carbonyl (C=O) groups excluding carboxylic acids is 1.